The number of anilines is 1. The number of hydrogen-bond donors (Lipinski definition) is 2. The summed E-state index contributed by atoms with van der Waals surface area (Å²) < 4.78 is 4.11. The first-order valence-electron chi connectivity index (χ1n) is 5.65. The fourth-order valence-electron chi connectivity index (χ4n) is 2.41. The van der Waals surface area contributed by atoms with E-state index in [2.05, 4.69) is 37.4 Å². The topological polar surface area (TPSA) is 62.2 Å². The second-order valence-electron chi connectivity index (χ2n) is 5.80. The lowest BCUT2D eigenvalue weighted by Crippen LogP contribution is -2.12. The van der Waals surface area contributed by atoms with Crippen LogP contribution in [0.2, 0.25) is 0 Å². The second kappa shape index (κ2) is 3.45. The van der Waals surface area contributed by atoms with Crippen molar-refractivity contribution in [2.24, 2.45) is 10.8 Å². The zero-order chi connectivity index (χ0) is 13.0. The van der Waals surface area contributed by atoms with Crippen LogP contribution >= 0.6 is 11.5 Å². The van der Waals surface area contributed by atoms with E-state index in [4.69, 9.17) is 5.11 Å². The third-order valence-corrected chi connectivity index (χ3v) is 5.24. The molecule has 5 heteroatoms. The predicted octanol–water partition coefficient (Wildman–Crippen LogP) is 3.00. The number of aryl methyl sites for hydroxylation is 1. The SMILES string of the molecule is Cc1nsc(NC2C(C)(C)C2(C)C)c1C(=O)O. The molecule has 1 heterocycles. The molecular formula is C12H18N2O2S. The number of nitrogens with one attached hydrogen (secondary N) is 1. The zero-order valence-corrected chi connectivity index (χ0v) is 11.6. The average molecular weight is 254 g/mol. The molecule has 0 unspecified atom stereocenters. The summed E-state index contributed by atoms with van der Waals surface area (Å²) in [7, 11) is 0. The standard InChI is InChI=1S/C12H18N2O2S/c1-6-7(9(15)16)8(17-14-6)13-10-11(2,3)12(10,4)5/h10,13H,1-5H3,(H,15,16). The van der Waals surface area contributed by atoms with Crippen LogP contribution in [0.4, 0.5) is 5.00 Å². The summed E-state index contributed by atoms with van der Waals surface area (Å²) >= 11 is 1.23. The van der Waals surface area contributed by atoms with Crippen molar-refractivity contribution >= 4 is 22.5 Å². The van der Waals surface area contributed by atoms with Crippen molar-refractivity contribution < 1.29 is 9.90 Å². The number of carbonyl (C=O) groups is 1. The van der Waals surface area contributed by atoms with Crippen molar-refractivity contribution in [2.45, 2.75) is 40.7 Å². The molecule has 4 nitrogen and oxygen atoms in total. The van der Waals surface area contributed by atoms with Crippen molar-refractivity contribution in [3.63, 3.8) is 0 Å². The maximum absolute atomic E-state index is 11.2. The first kappa shape index (κ1) is 12.4. The highest BCUT2D eigenvalue weighted by Gasteiger charge is 2.65. The van der Waals surface area contributed by atoms with E-state index in [1.165, 1.54) is 11.5 Å². The van der Waals surface area contributed by atoms with Crippen molar-refractivity contribution in [1.82, 2.24) is 4.37 Å². The fourth-order valence-corrected chi connectivity index (χ4v) is 3.22. The minimum absolute atomic E-state index is 0.181. The smallest absolute Gasteiger partial charge is 0.340 e. The van der Waals surface area contributed by atoms with Gasteiger partial charge in [0.1, 0.15) is 10.6 Å². The Kier molecular flexibility index (Phi) is 2.51. The van der Waals surface area contributed by atoms with Crippen molar-refractivity contribution in [1.29, 1.82) is 0 Å². The van der Waals surface area contributed by atoms with Crippen LogP contribution in [-0.2, 0) is 0 Å². The third-order valence-electron chi connectivity index (χ3n) is 4.37. The van der Waals surface area contributed by atoms with E-state index < -0.39 is 5.97 Å². The van der Waals surface area contributed by atoms with Gasteiger partial charge in [0.25, 0.3) is 0 Å². The van der Waals surface area contributed by atoms with Gasteiger partial charge in [-0.25, -0.2) is 4.79 Å². The Morgan fingerprint density at radius 3 is 2.29 bits per heavy atom. The Morgan fingerprint density at radius 1 is 1.35 bits per heavy atom. The maximum Gasteiger partial charge on any atom is 0.340 e. The van der Waals surface area contributed by atoms with Gasteiger partial charge in [0, 0.05) is 6.04 Å². The Hall–Kier alpha value is -1.10. The van der Waals surface area contributed by atoms with Crippen molar-refractivity contribution in [3.05, 3.63) is 11.3 Å². The predicted molar refractivity (Wildman–Crippen MR) is 68.8 cm³/mol. The molecule has 1 aromatic rings. The minimum atomic E-state index is -0.907. The average Bonchev–Trinajstić information content (AvgIpc) is 2.51. The maximum atomic E-state index is 11.2. The van der Waals surface area contributed by atoms with Crippen LogP contribution in [0.15, 0.2) is 0 Å². The lowest BCUT2D eigenvalue weighted by atomic mass is 10.0. The van der Waals surface area contributed by atoms with E-state index in [9.17, 15) is 4.79 Å². The van der Waals surface area contributed by atoms with E-state index in [0.29, 0.717) is 22.3 Å². The lowest BCUT2D eigenvalue weighted by Gasteiger charge is -2.06. The van der Waals surface area contributed by atoms with Crippen molar-refractivity contribution in [2.75, 3.05) is 5.32 Å². The molecule has 0 saturated heterocycles. The normalized spacial score (nSPS) is 21.2. The van der Waals surface area contributed by atoms with Gasteiger partial charge in [0.2, 0.25) is 0 Å². The van der Waals surface area contributed by atoms with Gasteiger partial charge in [0.05, 0.1) is 5.69 Å². The number of aromatic carboxylic acids is 1. The number of aromatic nitrogens is 1. The molecule has 1 aromatic heterocycles. The Morgan fingerprint density at radius 2 is 1.88 bits per heavy atom. The molecule has 0 bridgehead atoms. The molecule has 0 aromatic carbocycles. The summed E-state index contributed by atoms with van der Waals surface area (Å²) in [4.78, 5) is 11.2. The van der Waals surface area contributed by atoms with Crippen LogP contribution in [-0.4, -0.2) is 21.5 Å². The van der Waals surface area contributed by atoms with Crippen LogP contribution in [0.3, 0.4) is 0 Å². The summed E-state index contributed by atoms with van der Waals surface area (Å²) in [5, 5.41) is 13.2. The van der Waals surface area contributed by atoms with Gasteiger partial charge >= 0.3 is 5.97 Å². The molecule has 0 atom stereocenters. The van der Waals surface area contributed by atoms with E-state index in [0.717, 1.165) is 0 Å². The highest BCUT2D eigenvalue weighted by atomic mass is 32.1. The van der Waals surface area contributed by atoms with E-state index >= 15 is 0 Å². The first-order valence-corrected chi connectivity index (χ1v) is 6.43. The molecule has 0 radical (unpaired) electrons. The van der Waals surface area contributed by atoms with Gasteiger partial charge in [-0.05, 0) is 29.3 Å². The number of carboxylic acid groups (broad SMARTS) is 1. The molecule has 1 fully saturated rings. The summed E-state index contributed by atoms with van der Waals surface area (Å²) in [6.45, 7) is 10.5. The molecule has 1 aliphatic carbocycles. The van der Waals surface area contributed by atoms with E-state index in [1.807, 2.05) is 0 Å². The van der Waals surface area contributed by atoms with E-state index in [1.54, 1.807) is 6.92 Å². The Bertz CT molecular complexity index is 463. The van der Waals surface area contributed by atoms with Crippen LogP contribution in [0.25, 0.3) is 0 Å². The molecule has 2 rings (SSSR count). The van der Waals surface area contributed by atoms with Gasteiger partial charge in [-0.15, -0.1) is 0 Å². The molecule has 1 aliphatic rings. The van der Waals surface area contributed by atoms with Crippen LogP contribution < -0.4 is 5.32 Å². The first-order chi connectivity index (χ1) is 7.69. The quantitative estimate of drug-likeness (QED) is 0.870. The van der Waals surface area contributed by atoms with E-state index in [-0.39, 0.29) is 10.8 Å². The number of nitrogens with zero attached hydrogens (tertiary/aromatic N) is 1. The molecule has 0 spiro atoms. The van der Waals surface area contributed by atoms with Crippen LogP contribution in [0, 0.1) is 17.8 Å². The summed E-state index contributed by atoms with van der Waals surface area (Å²) in [6, 6.07) is 0.299. The monoisotopic (exact) mass is 254 g/mol. The van der Waals surface area contributed by atoms with Gasteiger partial charge in [0.15, 0.2) is 0 Å². The number of rotatable bonds is 3. The highest BCUT2D eigenvalue weighted by Crippen LogP contribution is 2.64. The van der Waals surface area contributed by atoms with Gasteiger partial charge in [-0.3, -0.25) is 0 Å². The van der Waals surface area contributed by atoms with Crippen LogP contribution in [0.5, 0.6) is 0 Å². The lowest BCUT2D eigenvalue weighted by molar-refractivity contribution is 0.0697. The van der Waals surface area contributed by atoms with Crippen LogP contribution in [0.1, 0.15) is 43.7 Å². The van der Waals surface area contributed by atoms with Gasteiger partial charge in [-0.1, -0.05) is 27.7 Å². The highest BCUT2D eigenvalue weighted by molar-refractivity contribution is 7.10. The number of hydrogen-bond acceptors (Lipinski definition) is 4. The molecular weight excluding hydrogens is 236 g/mol. The molecule has 2 N–H and O–H groups in total. The second-order valence-corrected chi connectivity index (χ2v) is 6.57. The van der Waals surface area contributed by atoms with Crippen molar-refractivity contribution in [3.8, 4) is 0 Å². The molecule has 1 saturated carbocycles. The van der Waals surface area contributed by atoms with Gasteiger partial charge < -0.3 is 10.4 Å². The van der Waals surface area contributed by atoms with Gasteiger partial charge in [-0.2, -0.15) is 4.37 Å². The largest absolute Gasteiger partial charge is 0.478 e. The fraction of sp³-hybridized carbons (Fsp3) is 0.667. The molecule has 94 valence electrons. The summed E-state index contributed by atoms with van der Waals surface area (Å²) in [5.74, 6) is -0.907. The number of carboxylic acids is 1. The zero-order valence-electron chi connectivity index (χ0n) is 10.8. The summed E-state index contributed by atoms with van der Waals surface area (Å²) in [6.07, 6.45) is 0. The molecule has 0 aliphatic heterocycles. The molecule has 17 heavy (non-hydrogen) atoms. The Balaban J connectivity index is 2.25. The summed E-state index contributed by atoms with van der Waals surface area (Å²) in [5.41, 5.74) is 1.26. The minimum Gasteiger partial charge on any atom is -0.478 e. The Labute approximate surface area is 105 Å². The molecule has 0 amide bonds. The third kappa shape index (κ3) is 1.64.